The van der Waals surface area contributed by atoms with E-state index >= 15 is 0 Å². The van der Waals surface area contributed by atoms with Crippen molar-refractivity contribution in [2.45, 2.75) is 24.8 Å². The second-order valence-electron chi connectivity index (χ2n) is 6.22. The maximum atomic E-state index is 11.9. The van der Waals surface area contributed by atoms with Crippen molar-refractivity contribution in [3.63, 3.8) is 0 Å². The van der Waals surface area contributed by atoms with Crippen LogP contribution in [0.2, 0.25) is 0 Å². The summed E-state index contributed by atoms with van der Waals surface area (Å²) in [6.07, 6.45) is 1.62. The van der Waals surface area contributed by atoms with Gasteiger partial charge in [0.1, 0.15) is 17.1 Å². The Morgan fingerprint density at radius 2 is 2.04 bits per heavy atom. The lowest BCUT2D eigenvalue weighted by atomic mass is 10.1. The van der Waals surface area contributed by atoms with Crippen LogP contribution in [0.25, 0.3) is 22.4 Å². The van der Waals surface area contributed by atoms with E-state index in [1.165, 1.54) is 17.8 Å². The summed E-state index contributed by atoms with van der Waals surface area (Å²) in [6, 6.07) is 6.70. The van der Waals surface area contributed by atoms with E-state index in [4.69, 9.17) is 8.83 Å². The average molecular weight is 383 g/mol. The lowest BCUT2D eigenvalue weighted by Gasteiger charge is -2.08. The van der Waals surface area contributed by atoms with Gasteiger partial charge in [0.15, 0.2) is 11.0 Å². The fourth-order valence-corrected chi connectivity index (χ4v) is 3.87. The van der Waals surface area contributed by atoms with E-state index in [1.807, 2.05) is 24.6 Å². The van der Waals surface area contributed by atoms with Crippen LogP contribution in [0.1, 0.15) is 16.9 Å². The van der Waals surface area contributed by atoms with Crippen LogP contribution >= 0.6 is 11.8 Å². The highest BCUT2D eigenvalue weighted by Crippen LogP contribution is 2.31. The molecule has 1 N–H and O–H groups in total. The third-order valence-corrected chi connectivity index (χ3v) is 5.58. The van der Waals surface area contributed by atoms with Gasteiger partial charge >= 0.3 is 5.63 Å². The van der Waals surface area contributed by atoms with Gasteiger partial charge in [0.05, 0.1) is 11.8 Å². The van der Waals surface area contributed by atoms with Gasteiger partial charge in [0, 0.05) is 29.8 Å². The van der Waals surface area contributed by atoms with Gasteiger partial charge in [-0.05, 0) is 37.6 Å². The average Bonchev–Trinajstić information content (AvgIpc) is 3.21. The Labute approximate surface area is 158 Å². The topological polar surface area (TPSA) is 94.3 Å². The number of fused-ring (bicyclic) bond motifs is 1. The van der Waals surface area contributed by atoms with Gasteiger partial charge in [-0.3, -0.25) is 0 Å². The minimum atomic E-state index is -0.445. The Morgan fingerprint density at radius 3 is 2.78 bits per heavy atom. The van der Waals surface area contributed by atoms with Gasteiger partial charge in [-0.15, -0.1) is 10.2 Å². The molecular weight excluding hydrogens is 366 g/mol. The third kappa shape index (κ3) is 3.02. The van der Waals surface area contributed by atoms with Crippen molar-refractivity contribution in [1.82, 2.24) is 14.8 Å². The van der Waals surface area contributed by atoms with Gasteiger partial charge in [-0.1, -0.05) is 11.8 Å². The zero-order chi connectivity index (χ0) is 19.1. The number of aryl methyl sites for hydroxylation is 2. The molecule has 8 heteroatoms. The van der Waals surface area contributed by atoms with Crippen molar-refractivity contribution in [3.8, 4) is 17.1 Å². The molecule has 1 aromatic carbocycles. The summed E-state index contributed by atoms with van der Waals surface area (Å²) in [5, 5.41) is 19.9. The maximum absolute atomic E-state index is 11.9. The van der Waals surface area contributed by atoms with E-state index in [-0.39, 0.29) is 5.75 Å². The van der Waals surface area contributed by atoms with Gasteiger partial charge in [0.25, 0.3) is 0 Å². The molecule has 0 spiro atoms. The Balaban J connectivity index is 1.67. The van der Waals surface area contributed by atoms with Crippen molar-refractivity contribution in [2.75, 3.05) is 0 Å². The fraction of sp³-hybridized carbons (Fsp3) is 0.211. The van der Waals surface area contributed by atoms with Crippen LogP contribution in [0.15, 0.2) is 49.3 Å². The zero-order valence-corrected chi connectivity index (χ0v) is 15.8. The number of furan rings is 1. The SMILES string of the molecule is Cc1occc1-c1nnc(SCc2cc(=O)oc3c(C)c(O)ccc23)n1C. The molecule has 0 unspecified atom stereocenters. The summed E-state index contributed by atoms with van der Waals surface area (Å²) in [5.41, 5.74) is 2.23. The lowest BCUT2D eigenvalue weighted by Crippen LogP contribution is -2.01. The number of aromatic nitrogens is 3. The van der Waals surface area contributed by atoms with Gasteiger partial charge in [-0.2, -0.15) is 0 Å². The highest BCUT2D eigenvalue weighted by atomic mass is 32.2. The molecule has 3 heterocycles. The minimum Gasteiger partial charge on any atom is -0.508 e. The van der Waals surface area contributed by atoms with Crippen LogP contribution in [0.3, 0.4) is 0 Å². The Morgan fingerprint density at radius 1 is 1.22 bits per heavy atom. The number of phenolic OH excluding ortho intramolecular Hbond substituents is 1. The van der Waals surface area contributed by atoms with Crippen molar-refractivity contribution in [1.29, 1.82) is 0 Å². The molecule has 0 saturated heterocycles. The summed E-state index contributed by atoms with van der Waals surface area (Å²) in [6.45, 7) is 3.60. The first-order valence-corrected chi connectivity index (χ1v) is 9.26. The normalized spacial score (nSPS) is 11.4. The van der Waals surface area contributed by atoms with Crippen LogP contribution < -0.4 is 5.63 Å². The molecule has 0 saturated carbocycles. The third-order valence-electron chi connectivity index (χ3n) is 4.51. The van der Waals surface area contributed by atoms with Gasteiger partial charge in [-0.25, -0.2) is 4.79 Å². The number of thioether (sulfide) groups is 1. The highest BCUT2D eigenvalue weighted by Gasteiger charge is 2.16. The number of benzene rings is 1. The van der Waals surface area contributed by atoms with Gasteiger partial charge < -0.3 is 18.5 Å². The van der Waals surface area contributed by atoms with Crippen molar-refractivity contribution in [3.05, 3.63) is 57.8 Å². The van der Waals surface area contributed by atoms with Crippen LogP contribution in [-0.2, 0) is 12.8 Å². The van der Waals surface area contributed by atoms with Crippen LogP contribution in [0.4, 0.5) is 0 Å². The van der Waals surface area contributed by atoms with E-state index < -0.39 is 5.63 Å². The lowest BCUT2D eigenvalue weighted by molar-refractivity contribution is 0.468. The summed E-state index contributed by atoms with van der Waals surface area (Å²) in [7, 11) is 1.89. The Hall–Kier alpha value is -3.00. The summed E-state index contributed by atoms with van der Waals surface area (Å²) >= 11 is 1.47. The first kappa shape index (κ1) is 17.4. The van der Waals surface area contributed by atoms with Gasteiger partial charge in [0.2, 0.25) is 0 Å². The molecule has 0 bridgehead atoms. The number of rotatable bonds is 4. The van der Waals surface area contributed by atoms with Crippen LogP contribution in [0, 0.1) is 13.8 Å². The molecule has 138 valence electrons. The number of hydrogen-bond donors (Lipinski definition) is 1. The molecule has 7 nitrogen and oxygen atoms in total. The van der Waals surface area contributed by atoms with E-state index in [1.54, 1.807) is 25.3 Å². The molecule has 0 aliphatic rings. The maximum Gasteiger partial charge on any atom is 0.336 e. The molecular formula is C19H17N3O4S. The van der Waals surface area contributed by atoms with Crippen LogP contribution in [0.5, 0.6) is 5.75 Å². The Kier molecular flexibility index (Phi) is 4.27. The predicted octanol–water partition coefficient (Wildman–Crippen LogP) is 3.80. The monoisotopic (exact) mass is 383 g/mol. The van der Waals surface area contributed by atoms with Crippen LogP contribution in [-0.4, -0.2) is 19.9 Å². The first-order valence-electron chi connectivity index (χ1n) is 8.27. The molecule has 27 heavy (non-hydrogen) atoms. The number of phenols is 1. The highest BCUT2D eigenvalue weighted by molar-refractivity contribution is 7.98. The minimum absolute atomic E-state index is 0.101. The smallest absolute Gasteiger partial charge is 0.336 e. The largest absolute Gasteiger partial charge is 0.508 e. The summed E-state index contributed by atoms with van der Waals surface area (Å²) in [5.74, 6) is 2.12. The molecule has 0 fully saturated rings. The fourth-order valence-electron chi connectivity index (χ4n) is 2.97. The van der Waals surface area contributed by atoms with E-state index in [9.17, 15) is 9.90 Å². The quantitative estimate of drug-likeness (QED) is 0.423. The summed E-state index contributed by atoms with van der Waals surface area (Å²) in [4.78, 5) is 11.9. The molecule has 0 atom stereocenters. The Bertz CT molecular complexity index is 1210. The molecule has 0 aliphatic carbocycles. The van der Waals surface area contributed by atoms with Crippen molar-refractivity contribution >= 4 is 22.7 Å². The molecule has 3 aromatic heterocycles. The van der Waals surface area contributed by atoms with E-state index in [2.05, 4.69) is 10.2 Å². The number of hydrogen-bond acceptors (Lipinski definition) is 7. The first-order chi connectivity index (χ1) is 13.0. The number of nitrogens with zero attached hydrogens (tertiary/aromatic N) is 3. The molecule has 4 aromatic rings. The summed E-state index contributed by atoms with van der Waals surface area (Å²) < 4.78 is 12.5. The molecule has 4 rings (SSSR count). The number of aromatic hydroxyl groups is 1. The standard InChI is InChI=1S/C19H17N3O4S/c1-10-15(23)5-4-14-12(8-16(24)26-17(10)14)9-27-19-21-20-18(22(19)3)13-6-7-25-11(13)2/h4-8,23H,9H2,1-3H3. The van der Waals surface area contributed by atoms with E-state index in [0.717, 1.165) is 33.3 Å². The van der Waals surface area contributed by atoms with Crippen molar-refractivity contribution in [2.24, 2.45) is 7.05 Å². The second kappa shape index (κ2) is 6.62. The molecule has 0 aliphatic heterocycles. The molecule has 0 radical (unpaired) electrons. The second-order valence-corrected chi connectivity index (χ2v) is 7.16. The van der Waals surface area contributed by atoms with E-state index in [0.29, 0.717) is 16.9 Å². The van der Waals surface area contributed by atoms with Crippen molar-refractivity contribution < 1.29 is 13.9 Å². The predicted molar refractivity (Wildman–Crippen MR) is 102 cm³/mol. The molecule has 0 amide bonds. The zero-order valence-electron chi connectivity index (χ0n) is 15.0.